The molecule has 4 aromatic rings. The largest absolute Gasteiger partial charge is 0.490 e. The molecular formula is C27H23BrN2O3. The Balaban J connectivity index is 1.46. The maximum atomic E-state index is 12.5. The number of hydrogen-bond acceptors (Lipinski definition) is 4. The highest BCUT2D eigenvalue weighted by Crippen LogP contribution is 2.37. The van der Waals surface area contributed by atoms with Gasteiger partial charge in [0.25, 0.3) is 5.91 Å². The summed E-state index contributed by atoms with van der Waals surface area (Å²) in [6, 6.07) is 27.1. The van der Waals surface area contributed by atoms with Crippen molar-refractivity contribution in [2.24, 2.45) is 5.10 Å². The van der Waals surface area contributed by atoms with Crippen molar-refractivity contribution in [1.82, 2.24) is 5.43 Å². The standard InChI is InChI=1S/C27H23BrN2O3/c1-2-32-25-15-20(14-24(28)26(25)33-18-19-8-4-3-5-9-19)17-29-30-27(31)23-13-12-21-10-6-7-11-22(21)16-23/h3-17H,2,18H2,1H3,(H,30,31)/b29-17-. The van der Waals surface area contributed by atoms with E-state index in [1.165, 1.54) is 0 Å². The van der Waals surface area contributed by atoms with E-state index in [0.717, 1.165) is 26.4 Å². The molecule has 0 unspecified atom stereocenters. The molecule has 5 nitrogen and oxygen atoms in total. The van der Waals surface area contributed by atoms with Crippen LogP contribution in [0.3, 0.4) is 0 Å². The molecule has 0 aromatic heterocycles. The molecule has 1 N–H and O–H groups in total. The molecule has 0 heterocycles. The molecule has 0 spiro atoms. The third kappa shape index (κ3) is 5.79. The summed E-state index contributed by atoms with van der Waals surface area (Å²) in [4.78, 5) is 12.5. The Morgan fingerprint density at radius 2 is 1.70 bits per heavy atom. The minimum Gasteiger partial charge on any atom is -0.490 e. The molecule has 0 aliphatic carbocycles. The zero-order valence-electron chi connectivity index (χ0n) is 18.1. The van der Waals surface area contributed by atoms with Gasteiger partial charge >= 0.3 is 0 Å². The van der Waals surface area contributed by atoms with Crippen LogP contribution in [-0.2, 0) is 6.61 Å². The van der Waals surface area contributed by atoms with Crippen LogP contribution in [0.5, 0.6) is 11.5 Å². The molecule has 166 valence electrons. The van der Waals surface area contributed by atoms with Gasteiger partial charge in [-0.15, -0.1) is 0 Å². The fraction of sp³-hybridized carbons (Fsp3) is 0.111. The Labute approximate surface area is 201 Å². The average Bonchev–Trinajstić information content (AvgIpc) is 2.84. The number of amides is 1. The lowest BCUT2D eigenvalue weighted by atomic mass is 10.1. The van der Waals surface area contributed by atoms with E-state index in [-0.39, 0.29) is 5.91 Å². The van der Waals surface area contributed by atoms with Crippen LogP contribution in [-0.4, -0.2) is 18.7 Å². The zero-order valence-corrected chi connectivity index (χ0v) is 19.7. The molecule has 0 atom stereocenters. The minimum atomic E-state index is -0.274. The number of rotatable bonds is 8. The maximum Gasteiger partial charge on any atom is 0.271 e. The van der Waals surface area contributed by atoms with E-state index in [1.54, 1.807) is 12.3 Å². The Hall–Kier alpha value is -3.64. The second-order valence-corrected chi connectivity index (χ2v) is 8.15. The van der Waals surface area contributed by atoms with Crippen LogP contribution in [0.1, 0.15) is 28.4 Å². The molecule has 0 aliphatic heterocycles. The lowest BCUT2D eigenvalue weighted by Crippen LogP contribution is -2.17. The van der Waals surface area contributed by atoms with Crippen LogP contribution >= 0.6 is 15.9 Å². The molecule has 1 amide bonds. The number of hydrazone groups is 1. The third-order valence-corrected chi connectivity index (χ3v) is 5.54. The third-order valence-electron chi connectivity index (χ3n) is 4.95. The van der Waals surface area contributed by atoms with Gasteiger partial charge in [-0.25, -0.2) is 5.43 Å². The van der Waals surface area contributed by atoms with Crippen LogP contribution in [0.2, 0.25) is 0 Å². The minimum absolute atomic E-state index is 0.274. The number of hydrogen-bond donors (Lipinski definition) is 1. The quantitative estimate of drug-likeness (QED) is 0.225. The number of carbonyl (C=O) groups is 1. The Morgan fingerprint density at radius 3 is 2.48 bits per heavy atom. The molecule has 33 heavy (non-hydrogen) atoms. The van der Waals surface area contributed by atoms with Gasteiger partial charge in [0.1, 0.15) is 6.61 Å². The smallest absolute Gasteiger partial charge is 0.271 e. The van der Waals surface area contributed by atoms with E-state index in [2.05, 4.69) is 26.5 Å². The van der Waals surface area contributed by atoms with Crippen LogP contribution in [0.15, 0.2) is 94.5 Å². The molecule has 0 radical (unpaired) electrons. The molecule has 0 aliphatic rings. The number of carbonyl (C=O) groups excluding carboxylic acids is 1. The first-order valence-corrected chi connectivity index (χ1v) is 11.4. The summed E-state index contributed by atoms with van der Waals surface area (Å²) in [6.45, 7) is 2.83. The number of ether oxygens (including phenoxy) is 2. The van der Waals surface area contributed by atoms with Gasteiger partial charge < -0.3 is 9.47 Å². The highest BCUT2D eigenvalue weighted by molar-refractivity contribution is 9.10. The summed E-state index contributed by atoms with van der Waals surface area (Å²) in [6.07, 6.45) is 1.58. The number of halogens is 1. The normalized spacial score (nSPS) is 11.0. The molecule has 0 fully saturated rings. The van der Waals surface area contributed by atoms with Gasteiger partial charge in [0.15, 0.2) is 11.5 Å². The van der Waals surface area contributed by atoms with Crippen LogP contribution < -0.4 is 14.9 Å². The first-order chi connectivity index (χ1) is 16.1. The van der Waals surface area contributed by atoms with Crippen molar-refractivity contribution in [3.05, 3.63) is 106 Å². The molecule has 0 saturated carbocycles. The fourth-order valence-electron chi connectivity index (χ4n) is 3.36. The van der Waals surface area contributed by atoms with Crippen LogP contribution in [0, 0.1) is 0 Å². The van der Waals surface area contributed by atoms with Gasteiger partial charge in [-0.3, -0.25) is 4.79 Å². The van der Waals surface area contributed by atoms with Gasteiger partial charge in [0, 0.05) is 5.56 Å². The summed E-state index contributed by atoms with van der Waals surface area (Å²) in [5.41, 5.74) is 4.96. The van der Waals surface area contributed by atoms with Crippen molar-refractivity contribution in [3.63, 3.8) is 0 Å². The van der Waals surface area contributed by atoms with Crippen molar-refractivity contribution in [3.8, 4) is 11.5 Å². The van der Waals surface area contributed by atoms with Gasteiger partial charge in [-0.1, -0.05) is 60.7 Å². The monoisotopic (exact) mass is 502 g/mol. The highest BCUT2D eigenvalue weighted by atomic mass is 79.9. The van der Waals surface area contributed by atoms with E-state index in [0.29, 0.717) is 30.3 Å². The molecule has 0 bridgehead atoms. The van der Waals surface area contributed by atoms with Crippen LogP contribution in [0.25, 0.3) is 10.8 Å². The van der Waals surface area contributed by atoms with Crippen molar-refractivity contribution in [2.75, 3.05) is 6.61 Å². The Morgan fingerprint density at radius 1 is 0.939 bits per heavy atom. The molecular weight excluding hydrogens is 480 g/mol. The maximum absolute atomic E-state index is 12.5. The first kappa shape index (κ1) is 22.6. The van der Waals surface area contributed by atoms with E-state index in [1.807, 2.05) is 85.8 Å². The van der Waals surface area contributed by atoms with E-state index >= 15 is 0 Å². The van der Waals surface area contributed by atoms with E-state index in [4.69, 9.17) is 9.47 Å². The zero-order chi connectivity index (χ0) is 23.0. The predicted molar refractivity (Wildman–Crippen MR) is 135 cm³/mol. The Kier molecular flexibility index (Phi) is 7.37. The van der Waals surface area contributed by atoms with Gasteiger partial charge in [0.05, 0.1) is 17.3 Å². The second kappa shape index (κ2) is 10.8. The van der Waals surface area contributed by atoms with E-state index < -0.39 is 0 Å². The summed E-state index contributed by atoms with van der Waals surface area (Å²) in [5, 5.41) is 6.21. The summed E-state index contributed by atoms with van der Waals surface area (Å²) in [7, 11) is 0. The highest BCUT2D eigenvalue weighted by Gasteiger charge is 2.12. The average molecular weight is 503 g/mol. The number of nitrogens with zero attached hydrogens (tertiary/aromatic N) is 1. The van der Waals surface area contributed by atoms with Gasteiger partial charge in [-0.05, 0) is 69.0 Å². The molecule has 0 saturated heterocycles. The van der Waals surface area contributed by atoms with E-state index in [9.17, 15) is 4.79 Å². The predicted octanol–water partition coefficient (Wildman–Crippen LogP) is 6.34. The second-order valence-electron chi connectivity index (χ2n) is 7.30. The molecule has 4 aromatic carbocycles. The first-order valence-electron chi connectivity index (χ1n) is 10.6. The lowest BCUT2D eigenvalue weighted by molar-refractivity contribution is 0.0955. The molecule has 6 heteroatoms. The van der Waals surface area contributed by atoms with Gasteiger partial charge in [0.2, 0.25) is 0 Å². The summed E-state index contributed by atoms with van der Waals surface area (Å²) >= 11 is 3.57. The van der Waals surface area contributed by atoms with Crippen molar-refractivity contribution in [2.45, 2.75) is 13.5 Å². The van der Waals surface area contributed by atoms with Crippen molar-refractivity contribution in [1.29, 1.82) is 0 Å². The van der Waals surface area contributed by atoms with Crippen molar-refractivity contribution >= 4 is 38.8 Å². The summed E-state index contributed by atoms with van der Waals surface area (Å²) in [5.74, 6) is 0.951. The van der Waals surface area contributed by atoms with Crippen LogP contribution in [0.4, 0.5) is 0 Å². The molecule has 4 rings (SSSR count). The van der Waals surface area contributed by atoms with Crippen molar-refractivity contribution < 1.29 is 14.3 Å². The number of benzene rings is 4. The fourth-order valence-corrected chi connectivity index (χ4v) is 3.93. The SMILES string of the molecule is CCOc1cc(/C=N\NC(=O)c2ccc3ccccc3c2)cc(Br)c1OCc1ccccc1. The van der Waals surface area contributed by atoms with Gasteiger partial charge in [-0.2, -0.15) is 5.10 Å². The number of fused-ring (bicyclic) bond motifs is 1. The summed E-state index contributed by atoms with van der Waals surface area (Å²) < 4.78 is 12.5. The Bertz CT molecular complexity index is 1290. The lowest BCUT2D eigenvalue weighted by Gasteiger charge is -2.14. The number of nitrogens with one attached hydrogen (secondary N) is 1. The topological polar surface area (TPSA) is 59.9 Å².